The van der Waals surface area contributed by atoms with E-state index in [4.69, 9.17) is 0 Å². The molecule has 20 nitrogen and oxygen atoms in total. The Morgan fingerprint density at radius 3 is 0.478 bits per heavy atom. The minimum absolute atomic E-state index is 0. The van der Waals surface area contributed by atoms with Crippen molar-refractivity contribution in [3.05, 3.63) is 285 Å². The van der Waals surface area contributed by atoms with E-state index < -0.39 is 95.3 Å². The second kappa shape index (κ2) is 29.9. The van der Waals surface area contributed by atoms with Crippen LogP contribution in [0.1, 0.15) is 105 Å². The summed E-state index contributed by atoms with van der Waals surface area (Å²) >= 11 is 0. The number of rotatable bonds is 16. The molecule has 4 aliphatic rings. The van der Waals surface area contributed by atoms with Gasteiger partial charge in [0.15, 0.2) is 0 Å². The van der Waals surface area contributed by atoms with Crippen molar-refractivity contribution in [3.8, 4) is 0 Å². The zero-order chi connectivity index (χ0) is 62.8. The minimum Gasteiger partial charge on any atom is -0.480 e. The van der Waals surface area contributed by atoms with E-state index in [1.807, 2.05) is 24.3 Å². The van der Waals surface area contributed by atoms with Crippen LogP contribution in [0.25, 0.3) is 0 Å². The van der Waals surface area contributed by atoms with Gasteiger partial charge in [0.25, 0.3) is 47.3 Å². The number of hydrogen-bond acceptors (Lipinski definition) is 12. The summed E-state index contributed by atoms with van der Waals surface area (Å²) in [5.41, 5.74) is 5.07. The molecule has 0 aromatic heterocycles. The molecule has 4 aliphatic heterocycles. The Morgan fingerprint density at radius 2 is 0.356 bits per heavy atom. The van der Waals surface area contributed by atoms with Gasteiger partial charge < -0.3 is 20.4 Å². The van der Waals surface area contributed by atoms with Gasteiger partial charge in [-0.15, -0.1) is 0 Å². The fourth-order valence-corrected chi connectivity index (χ4v) is 10.5. The topological polar surface area (TPSA) is 299 Å². The Bertz CT molecular complexity index is 3410. The van der Waals surface area contributed by atoms with Gasteiger partial charge in [0.2, 0.25) is 0 Å². The number of amides is 8. The zero-order valence-electron chi connectivity index (χ0n) is 47.1. The number of hydrogen-bond donors (Lipinski definition) is 4. The second-order valence-corrected chi connectivity index (χ2v) is 20.3. The van der Waals surface area contributed by atoms with Crippen LogP contribution in [0.5, 0.6) is 0 Å². The van der Waals surface area contributed by atoms with Crippen molar-refractivity contribution >= 4 is 71.1 Å². The smallest absolute Gasteiger partial charge is 0.327 e. The number of aliphatic carboxylic acids is 4. The molecule has 8 aromatic carbocycles. The summed E-state index contributed by atoms with van der Waals surface area (Å²) in [7, 11) is 0. The molecule has 2 radical (unpaired) electrons. The van der Waals surface area contributed by atoms with Gasteiger partial charge in [-0.2, -0.15) is 0 Å². The van der Waals surface area contributed by atoms with Crippen molar-refractivity contribution in [1.29, 1.82) is 0 Å². The molecule has 4 atom stereocenters. The van der Waals surface area contributed by atoms with E-state index in [9.17, 15) is 78.0 Å². The van der Waals surface area contributed by atoms with Crippen molar-refractivity contribution in [1.82, 2.24) is 19.6 Å². The molecule has 90 heavy (non-hydrogen) atoms. The SMILES string of the molecule is O=C(O)C(Cc1ccccc1)N1C(=O)c2ccccc2C1=O.O=C(O)C(Cc1ccccc1)N1C(=O)c2ccccc2C1=O.O=C(O)C(Cc1ccccc1)N1C(=O)c2ccccc2C1=O.O=C(O)C(Cc1ccccc1)N1C(=O)c2ccccc2C1=O.[Rh].[Rh]. The van der Waals surface area contributed by atoms with Gasteiger partial charge in [-0.05, 0) is 70.8 Å². The van der Waals surface area contributed by atoms with E-state index >= 15 is 0 Å². The molecule has 0 spiro atoms. The summed E-state index contributed by atoms with van der Waals surface area (Å²) < 4.78 is 0. The van der Waals surface area contributed by atoms with E-state index in [0.29, 0.717) is 0 Å². The molecule has 22 heteroatoms. The first-order valence-electron chi connectivity index (χ1n) is 27.3. The Balaban J connectivity index is 0.000000169. The van der Waals surface area contributed by atoms with Crippen molar-refractivity contribution in [3.63, 3.8) is 0 Å². The molecule has 8 amide bonds. The van der Waals surface area contributed by atoms with Crippen LogP contribution in [0.15, 0.2) is 218 Å². The Morgan fingerprint density at radius 1 is 0.233 bits per heavy atom. The number of carbonyl (C=O) groups is 12. The third kappa shape index (κ3) is 14.4. The standard InChI is InChI=1S/4C17H13NO4.2Rh/c4*19-15-12-8-4-5-9-13(12)16(20)18(15)14(17(21)22)10-11-6-2-1-3-7-11;;/h4*1-9,14H,10H2,(H,21,22);;. The number of carboxylic acid groups (broad SMARTS) is 4. The molecule has 8 aromatic rings. The number of carbonyl (C=O) groups excluding carboxylic acids is 8. The van der Waals surface area contributed by atoms with Crippen LogP contribution in [0.3, 0.4) is 0 Å². The number of carboxylic acids is 4. The van der Waals surface area contributed by atoms with Crippen LogP contribution in [0.4, 0.5) is 0 Å². The third-order valence-corrected chi connectivity index (χ3v) is 14.8. The molecule has 458 valence electrons. The minimum atomic E-state index is -1.21. The van der Waals surface area contributed by atoms with Gasteiger partial charge in [0.1, 0.15) is 24.2 Å². The molecule has 0 saturated heterocycles. The average molecular weight is 1390 g/mol. The summed E-state index contributed by atoms with van der Waals surface area (Å²) in [6.07, 6.45) is 0.340. The fourth-order valence-electron chi connectivity index (χ4n) is 10.5. The zero-order valence-corrected chi connectivity index (χ0v) is 50.3. The quantitative estimate of drug-likeness (QED) is 0.0528. The van der Waals surface area contributed by atoms with Crippen molar-refractivity contribution in [2.24, 2.45) is 0 Å². The van der Waals surface area contributed by atoms with Gasteiger partial charge in [-0.1, -0.05) is 170 Å². The molecule has 4 unspecified atom stereocenters. The molecule has 4 N–H and O–H groups in total. The second-order valence-electron chi connectivity index (χ2n) is 20.3. The van der Waals surface area contributed by atoms with E-state index in [2.05, 4.69) is 0 Å². The monoisotopic (exact) mass is 1390 g/mol. The Hall–Kier alpha value is -10.6. The van der Waals surface area contributed by atoms with Crippen LogP contribution >= 0.6 is 0 Å². The van der Waals surface area contributed by atoms with Crippen LogP contribution < -0.4 is 0 Å². The fraction of sp³-hybridized carbons (Fsp3) is 0.118. The predicted octanol–water partition coefficient (Wildman–Crippen LogP) is 7.91. The van der Waals surface area contributed by atoms with E-state index in [1.54, 1.807) is 146 Å². The summed E-state index contributed by atoms with van der Waals surface area (Å²) in [4.78, 5) is 149. The van der Waals surface area contributed by atoms with E-state index in [1.165, 1.54) is 48.5 Å². The largest absolute Gasteiger partial charge is 0.480 e. The molecule has 0 aliphatic carbocycles. The molecule has 0 bridgehead atoms. The Kier molecular flexibility index (Phi) is 22.2. The Labute approximate surface area is 539 Å². The van der Waals surface area contributed by atoms with Gasteiger partial charge >= 0.3 is 23.9 Å². The maximum atomic E-state index is 12.4. The third-order valence-electron chi connectivity index (χ3n) is 14.8. The van der Waals surface area contributed by atoms with Crippen molar-refractivity contribution in [2.45, 2.75) is 49.9 Å². The number of nitrogens with zero attached hydrogens (tertiary/aromatic N) is 4. The average Bonchev–Trinajstić information content (AvgIpc) is 1.81. The van der Waals surface area contributed by atoms with Gasteiger partial charge in [-0.3, -0.25) is 58.0 Å². The maximum Gasteiger partial charge on any atom is 0.327 e. The molecule has 12 rings (SSSR count). The van der Waals surface area contributed by atoms with Crippen LogP contribution in [-0.2, 0) is 83.8 Å². The van der Waals surface area contributed by atoms with Gasteiger partial charge in [0.05, 0.1) is 44.5 Å². The first kappa shape index (κ1) is 67.0. The summed E-state index contributed by atoms with van der Waals surface area (Å²) in [5.74, 6) is -9.20. The summed E-state index contributed by atoms with van der Waals surface area (Å²) in [5, 5.41) is 37.9. The molecule has 0 saturated carbocycles. The van der Waals surface area contributed by atoms with Crippen molar-refractivity contribution < 1.29 is 117 Å². The first-order chi connectivity index (χ1) is 42.4. The van der Waals surface area contributed by atoms with E-state index in [0.717, 1.165) is 41.9 Å². The number of fused-ring (bicyclic) bond motifs is 4. The number of imide groups is 4. The van der Waals surface area contributed by atoms with Crippen LogP contribution in [-0.4, -0.2) is 135 Å². The molecule has 0 fully saturated rings. The van der Waals surface area contributed by atoms with Crippen molar-refractivity contribution in [2.75, 3.05) is 0 Å². The maximum absolute atomic E-state index is 12.4. The van der Waals surface area contributed by atoms with Gasteiger partial charge in [0, 0.05) is 64.6 Å². The van der Waals surface area contributed by atoms with E-state index in [-0.39, 0.29) is 109 Å². The normalized spacial score (nSPS) is 14.5. The molecule has 4 heterocycles. The predicted molar refractivity (Wildman–Crippen MR) is 314 cm³/mol. The van der Waals surface area contributed by atoms with Crippen LogP contribution in [0, 0.1) is 0 Å². The molecular formula is C68H52N4O16Rh2. The first-order valence-corrected chi connectivity index (χ1v) is 27.3. The molecular weight excluding hydrogens is 1330 g/mol. The van der Waals surface area contributed by atoms with Crippen LogP contribution in [0.2, 0.25) is 0 Å². The number of benzene rings is 8. The summed E-state index contributed by atoms with van der Waals surface area (Å²) in [6, 6.07) is 56.4. The summed E-state index contributed by atoms with van der Waals surface area (Å²) in [6.45, 7) is 0. The van der Waals surface area contributed by atoms with Gasteiger partial charge in [-0.25, -0.2) is 19.2 Å².